The van der Waals surface area contributed by atoms with Crippen LogP contribution in [0.4, 0.5) is 0 Å². The monoisotopic (exact) mass is 244 g/mol. The maximum atomic E-state index is 10.7. The first kappa shape index (κ1) is 11.9. The van der Waals surface area contributed by atoms with Gasteiger partial charge < -0.3 is 0 Å². The van der Waals surface area contributed by atoms with Crippen LogP contribution < -0.4 is 0 Å². The summed E-state index contributed by atoms with van der Waals surface area (Å²) in [6.07, 6.45) is 0.773. The zero-order valence-electron chi connectivity index (χ0n) is 9.83. The van der Waals surface area contributed by atoms with Gasteiger partial charge in [-0.25, -0.2) is 0 Å². The minimum atomic E-state index is 0.499. The zero-order chi connectivity index (χ0) is 12.4. The third-order valence-electron chi connectivity index (χ3n) is 2.83. The van der Waals surface area contributed by atoms with Gasteiger partial charge in [0.15, 0.2) is 6.29 Å². The number of hydrogen-bond donors (Lipinski definition) is 0. The molecule has 0 heterocycles. The molecule has 0 aliphatic carbocycles. The molecule has 17 heavy (non-hydrogen) atoms. The summed E-state index contributed by atoms with van der Waals surface area (Å²) in [6, 6.07) is 11.8. The van der Waals surface area contributed by atoms with E-state index in [-0.39, 0.29) is 0 Å². The Kier molecular flexibility index (Phi) is 3.30. The molecule has 2 rings (SSSR count). The van der Waals surface area contributed by atoms with Crippen LogP contribution in [0.2, 0.25) is 5.02 Å². The molecule has 0 atom stereocenters. The molecule has 0 aromatic heterocycles. The van der Waals surface area contributed by atoms with Crippen molar-refractivity contribution in [1.82, 2.24) is 0 Å². The standard InChI is InChI=1S/C15H13ClO/c1-10-3-4-11(2)14(7-10)12-5-6-13(9-17)15(16)8-12/h3-9H,1-2H3. The van der Waals surface area contributed by atoms with Gasteiger partial charge in [0.25, 0.3) is 0 Å². The van der Waals surface area contributed by atoms with Gasteiger partial charge in [-0.2, -0.15) is 0 Å². The van der Waals surface area contributed by atoms with Gasteiger partial charge >= 0.3 is 0 Å². The van der Waals surface area contributed by atoms with Crippen molar-refractivity contribution >= 4 is 17.9 Å². The van der Waals surface area contributed by atoms with E-state index >= 15 is 0 Å². The molecule has 0 saturated heterocycles. The van der Waals surface area contributed by atoms with E-state index in [1.54, 1.807) is 6.07 Å². The fraction of sp³-hybridized carbons (Fsp3) is 0.133. The first-order valence-electron chi connectivity index (χ1n) is 5.44. The van der Waals surface area contributed by atoms with Crippen LogP contribution in [-0.2, 0) is 0 Å². The Bertz CT molecular complexity index is 573. The van der Waals surface area contributed by atoms with Crippen LogP contribution in [0.15, 0.2) is 36.4 Å². The van der Waals surface area contributed by atoms with Crippen molar-refractivity contribution in [2.24, 2.45) is 0 Å². The lowest BCUT2D eigenvalue weighted by Gasteiger charge is -2.08. The SMILES string of the molecule is Cc1ccc(C)c(-c2ccc(C=O)c(Cl)c2)c1. The fourth-order valence-corrected chi connectivity index (χ4v) is 2.06. The van der Waals surface area contributed by atoms with Crippen molar-refractivity contribution in [1.29, 1.82) is 0 Å². The largest absolute Gasteiger partial charge is 0.298 e. The molecule has 0 aliphatic heterocycles. The van der Waals surface area contributed by atoms with Crippen LogP contribution in [0.1, 0.15) is 21.5 Å². The van der Waals surface area contributed by atoms with Crippen LogP contribution >= 0.6 is 11.6 Å². The first-order valence-corrected chi connectivity index (χ1v) is 5.82. The van der Waals surface area contributed by atoms with Gasteiger partial charge in [-0.3, -0.25) is 4.79 Å². The van der Waals surface area contributed by atoms with Gasteiger partial charge in [-0.05, 0) is 42.7 Å². The molecule has 0 spiro atoms. The van der Waals surface area contributed by atoms with E-state index in [1.807, 2.05) is 12.1 Å². The summed E-state index contributed by atoms with van der Waals surface area (Å²) < 4.78 is 0. The van der Waals surface area contributed by atoms with E-state index in [2.05, 4.69) is 32.0 Å². The highest BCUT2D eigenvalue weighted by Gasteiger charge is 2.05. The highest BCUT2D eigenvalue weighted by Crippen LogP contribution is 2.28. The van der Waals surface area contributed by atoms with E-state index in [9.17, 15) is 4.79 Å². The highest BCUT2D eigenvalue weighted by molar-refractivity contribution is 6.33. The Morgan fingerprint density at radius 2 is 1.82 bits per heavy atom. The Balaban J connectivity index is 2.57. The molecule has 0 saturated carbocycles. The molecule has 0 N–H and O–H groups in total. The number of carbonyl (C=O) groups excluding carboxylic acids is 1. The molecule has 0 amide bonds. The van der Waals surface area contributed by atoms with Crippen LogP contribution in [0.3, 0.4) is 0 Å². The molecule has 0 fully saturated rings. The summed E-state index contributed by atoms with van der Waals surface area (Å²) >= 11 is 6.04. The maximum Gasteiger partial charge on any atom is 0.151 e. The average Bonchev–Trinajstić information content (AvgIpc) is 2.32. The maximum absolute atomic E-state index is 10.7. The number of aldehydes is 1. The fourth-order valence-electron chi connectivity index (χ4n) is 1.84. The average molecular weight is 245 g/mol. The topological polar surface area (TPSA) is 17.1 Å². The number of benzene rings is 2. The summed E-state index contributed by atoms with van der Waals surface area (Å²) in [6.45, 7) is 4.13. The van der Waals surface area contributed by atoms with E-state index < -0.39 is 0 Å². The second-order valence-corrected chi connectivity index (χ2v) is 4.58. The normalized spacial score (nSPS) is 10.3. The smallest absolute Gasteiger partial charge is 0.151 e. The van der Waals surface area contributed by atoms with Gasteiger partial charge in [0, 0.05) is 5.56 Å². The zero-order valence-corrected chi connectivity index (χ0v) is 10.6. The predicted molar refractivity (Wildman–Crippen MR) is 71.7 cm³/mol. The lowest BCUT2D eigenvalue weighted by atomic mass is 9.98. The molecule has 0 unspecified atom stereocenters. The van der Waals surface area contributed by atoms with E-state index in [0.29, 0.717) is 10.6 Å². The third-order valence-corrected chi connectivity index (χ3v) is 3.16. The number of halogens is 1. The van der Waals surface area contributed by atoms with E-state index in [1.165, 1.54) is 11.1 Å². The Morgan fingerprint density at radius 3 is 2.47 bits per heavy atom. The Morgan fingerprint density at radius 1 is 1.06 bits per heavy atom. The van der Waals surface area contributed by atoms with Crippen LogP contribution in [-0.4, -0.2) is 6.29 Å². The predicted octanol–water partition coefficient (Wildman–Crippen LogP) is 4.44. The lowest BCUT2D eigenvalue weighted by Crippen LogP contribution is -1.87. The van der Waals surface area contributed by atoms with Crippen molar-refractivity contribution in [3.63, 3.8) is 0 Å². The second-order valence-electron chi connectivity index (χ2n) is 4.17. The van der Waals surface area contributed by atoms with Crippen molar-refractivity contribution in [2.75, 3.05) is 0 Å². The number of carbonyl (C=O) groups is 1. The molecule has 86 valence electrons. The molecular weight excluding hydrogens is 232 g/mol. The minimum absolute atomic E-state index is 0.499. The Hall–Kier alpha value is -1.60. The van der Waals surface area contributed by atoms with E-state index in [0.717, 1.165) is 17.4 Å². The van der Waals surface area contributed by atoms with Crippen molar-refractivity contribution < 1.29 is 4.79 Å². The van der Waals surface area contributed by atoms with Crippen LogP contribution in [0.5, 0.6) is 0 Å². The quantitative estimate of drug-likeness (QED) is 0.714. The molecule has 2 aromatic carbocycles. The summed E-state index contributed by atoms with van der Waals surface area (Å²) in [5.41, 5.74) is 5.14. The van der Waals surface area contributed by atoms with Crippen molar-refractivity contribution in [3.05, 3.63) is 58.1 Å². The summed E-state index contributed by atoms with van der Waals surface area (Å²) in [4.78, 5) is 10.7. The minimum Gasteiger partial charge on any atom is -0.298 e. The highest BCUT2D eigenvalue weighted by atomic mass is 35.5. The van der Waals surface area contributed by atoms with Crippen molar-refractivity contribution in [3.8, 4) is 11.1 Å². The summed E-state index contributed by atoms with van der Waals surface area (Å²) in [5, 5.41) is 0.499. The van der Waals surface area contributed by atoms with Gasteiger partial charge in [-0.15, -0.1) is 0 Å². The number of hydrogen-bond acceptors (Lipinski definition) is 1. The molecule has 1 nitrogen and oxygen atoms in total. The van der Waals surface area contributed by atoms with Gasteiger partial charge in [0.05, 0.1) is 5.02 Å². The van der Waals surface area contributed by atoms with Crippen LogP contribution in [0, 0.1) is 13.8 Å². The van der Waals surface area contributed by atoms with Crippen LogP contribution in [0.25, 0.3) is 11.1 Å². The van der Waals surface area contributed by atoms with Gasteiger partial charge in [0.2, 0.25) is 0 Å². The lowest BCUT2D eigenvalue weighted by molar-refractivity contribution is 0.112. The second kappa shape index (κ2) is 4.72. The van der Waals surface area contributed by atoms with Gasteiger partial charge in [-0.1, -0.05) is 41.4 Å². The van der Waals surface area contributed by atoms with Gasteiger partial charge in [0.1, 0.15) is 0 Å². The number of aryl methyl sites for hydroxylation is 2. The molecule has 2 heteroatoms. The molecule has 0 bridgehead atoms. The molecule has 0 aliphatic rings. The molecule has 0 radical (unpaired) electrons. The van der Waals surface area contributed by atoms with E-state index in [4.69, 9.17) is 11.6 Å². The third kappa shape index (κ3) is 2.40. The summed E-state index contributed by atoms with van der Waals surface area (Å²) in [5.74, 6) is 0. The Labute approximate surface area is 106 Å². The molecular formula is C15H13ClO. The van der Waals surface area contributed by atoms with Crippen molar-refractivity contribution in [2.45, 2.75) is 13.8 Å². The number of rotatable bonds is 2. The first-order chi connectivity index (χ1) is 8.11. The summed E-state index contributed by atoms with van der Waals surface area (Å²) in [7, 11) is 0. The molecule has 2 aromatic rings.